The average Bonchev–Trinajstić information content (AvgIpc) is 2.60. The van der Waals surface area contributed by atoms with Crippen LogP contribution in [-0.2, 0) is 10.0 Å². The lowest BCUT2D eigenvalue weighted by Gasteiger charge is -2.25. The Labute approximate surface area is 141 Å². The highest BCUT2D eigenvalue weighted by atomic mass is 32.2. The first kappa shape index (κ1) is 18.2. The second-order valence-electron chi connectivity index (χ2n) is 5.27. The number of methoxy groups -OCH3 is 2. The fraction of sp³-hybridized carbons (Fsp3) is 0.294. The lowest BCUT2D eigenvalue weighted by molar-refractivity contribution is 0.376. The van der Waals surface area contributed by atoms with E-state index in [9.17, 15) is 12.8 Å². The molecule has 0 spiro atoms. The zero-order chi connectivity index (χ0) is 17.9. The van der Waals surface area contributed by atoms with Gasteiger partial charge in [-0.05, 0) is 36.8 Å². The summed E-state index contributed by atoms with van der Waals surface area (Å²) in [6, 6.07) is 9.85. The normalized spacial score (nSPS) is 12.9. The molecule has 130 valence electrons. The number of rotatable bonds is 6. The first-order chi connectivity index (χ1) is 11.3. The smallest absolute Gasteiger partial charge is 0.247 e. The van der Waals surface area contributed by atoms with Crippen molar-refractivity contribution >= 4 is 10.0 Å². The zero-order valence-electron chi connectivity index (χ0n) is 14.0. The van der Waals surface area contributed by atoms with Crippen molar-refractivity contribution in [1.29, 1.82) is 0 Å². The molecule has 0 bridgehead atoms. The Kier molecular flexibility index (Phi) is 5.46. The lowest BCUT2D eigenvalue weighted by atomic mass is 10.1. The number of ether oxygens (including phenoxy) is 2. The summed E-state index contributed by atoms with van der Waals surface area (Å²) in [6.45, 7) is 1.73. The van der Waals surface area contributed by atoms with Gasteiger partial charge in [0.2, 0.25) is 10.0 Å². The van der Waals surface area contributed by atoms with Crippen molar-refractivity contribution in [2.24, 2.45) is 0 Å². The number of halogens is 1. The van der Waals surface area contributed by atoms with Gasteiger partial charge in [-0.15, -0.1) is 0 Å². The molecule has 0 fully saturated rings. The highest BCUT2D eigenvalue weighted by Crippen LogP contribution is 2.33. The Morgan fingerprint density at radius 1 is 1.04 bits per heavy atom. The van der Waals surface area contributed by atoms with Crippen LogP contribution >= 0.6 is 0 Å². The van der Waals surface area contributed by atoms with Crippen LogP contribution in [0.2, 0.25) is 0 Å². The number of sulfonamides is 1. The molecule has 0 heterocycles. The summed E-state index contributed by atoms with van der Waals surface area (Å²) in [4.78, 5) is 0.0146. The minimum absolute atomic E-state index is 0.0146. The van der Waals surface area contributed by atoms with Crippen molar-refractivity contribution in [2.45, 2.75) is 17.9 Å². The fourth-order valence-corrected chi connectivity index (χ4v) is 3.82. The third kappa shape index (κ3) is 3.52. The molecule has 7 heteroatoms. The predicted octanol–water partition coefficient (Wildman–Crippen LogP) is 3.22. The molecule has 2 aromatic carbocycles. The van der Waals surface area contributed by atoms with Gasteiger partial charge in [-0.1, -0.05) is 12.1 Å². The van der Waals surface area contributed by atoms with Gasteiger partial charge in [-0.2, -0.15) is 4.31 Å². The fourth-order valence-electron chi connectivity index (χ4n) is 2.30. The van der Waals surface area contributed by atoms with Gasteiger partial charge in [0.15, 0.2) is 0 Å². The average molecular weight is 353 g/mol. The molecule has 0 aliphatic rings. The van der Waals surface area contributed by atoms with Crippen molar-refractivity contribution < 1.29 is 22.3 Å². The monoisotopic (exact) mass is 353 g/mol. The molecule has 0 aliphatic carbocycles. The Morgan fingerprint density at radius 3 is 2.21 bits per heavy atom. The molecule has 0 aromatic heterocycles. The highest BCUT2D eigenvalue weighted by Gasteiger charge is 2.29. The van der Waals surface area contributed by atoms with Gasteiger partial charge in [0.1, 0.15) is 22.2 Å². The molecule has 1 unspecified atom stereocenters. The van der Waals surface area contributed by atoms with Crippen molar-refractivity contribution in [3.63, 3.8) is 0 Å². The molecule has 0 radical (unpaired) electrons. The first-order valence-corrected chi connectivity index (χ1v) is 8.70. The SMILES string of the molecule is COc1ccc(OC)c(S(=O)(=O)N(C)C(C)c2ccc(F)cc2)c1. The van der Waals surface area contributed by atoms with Gasteiger partial charge in [0.25, 0.3) is 0 Å². The minimum Gasteiger partial charge on any atom is -0.497 e. The molecular weight excluding hydrogens is 333 g/mol. The van der Waals surface area contributed by atoms with E-state index in [0.29, 0.717) is 11.3 Å². The number of hydrogen-bond acceptors (Lipinski definition) is 4. The molecule has 0 amide bonds. The second-order valence-corrected chi connectivity index (χ2v) is 7.23. The molecular formula is C17H20FNO4S. The lowest BCUT2D eigenvalue weighted by Crippen LogP contribution is -2.30. The van der Waals surface area contributed by atoms with E-state index < -0.39 is 16.1 Å². The van der Waals surface area contributed by atoms with Crippen LogP contribution < -0.4 is 9.47 Å². The Morgan fingerprint density at radius 2 is 1.67 bits per heavy atom. The maximum Gasteiger partial charge on any atom is 0.247 e. The quantitative estimate of drug-likeness (QED) is 0.800. The third-order valence-electron chi connectivity index (χ3n) is 3.93. The summed E-state index contributed by atoms with van der Waals surface area (Å²) in [5.74, 6) is 0.275. The van der Waals surface area contributed by atoms with E-state index in [0.717, 1.165) is 0 Å². The van der Waals surface area contributed by atoms with Crippen LogP contribution in [0.3, 0.4) is 0 Å². The van der Waals surface area contributed by atoms with Gasteiger partial charge in [0.05, 0.1) is 14.2 Å². The first-order valence-electron chi connectivity index (χ1n) is 7.26. The number of benzene rings is 2. The van der Waals surface area contributed by atoms with Crippen molar-refractivity contribution in [3.05, 3.63) is 53.8 Å². The second kappa shape index (κ2) is 7.19. The summed E-state index contributed by atoms with van der Waals surface area (Å²) < 4.78 is 50.5. The summed E-state index contributed by atoms with van der Waals surface area (Å²) >= 11 is 0. The third-order valence-corrected chi connectivity index (χ3v) is 5.87. The van der Waals surface area contributed by atoms with E-state index in [1.54, 1.807) is 31.2 Å². The molecule has 5 nitrogen and oxygen atoms in total. The van der Waals surface area contributed by atoms with Crippen LogP contribution in [0.1, 0.15) is 18.5 Å². The molecule has 0 N–H and O–H groups in total. The molecule has 0 saturated carbocycles. The topological polar surface area (TPSA) is 55.8 Å². The van der Waals surface area contributed by atoms with E-state index in [-0.39, 0.29) is 16.5 Å². The van der Waals surface area contributed by atoms with E-state index in [4.69, 9.17) is 9.47 Å². The van der Waals surface area contributed by atoms with Crippen molar-refractivity contribution in [1.82, 2.24) is 4.31 Å². The molecule has 0 saturated heterocycles. The predicted molar refractivity (Wildman–Crippen MR) is 89.3 cm³/mol. The largest absolute Gasteiger partial charge is 0.497 e. The molecule has 1 atom stereocenters. The van der Waals surface area contributed by atoms with Crippen LogP contribution in [0.4, 0.5) is 4.39 Å². The maximum atomic E-state index is 13.1. The highest BCUT2D eigenvalue weighted by molar-refractivity contribution is 7.89. The van der Waals surface area contributed by atoms with Crippen LogP contribution in [0.25, 0.3) is 0 Å². The van der Waals surface area contributed by atoms with E-state index in [2.05, 4.69) is 0 Å². The van der Waals surface area contributed by atoms with Gasteiger partial charge < -0.3 is 9.47 Å². The van der Waals surface area contributed by atoms with Crippen LogP contribution in [-0.4, -0.2) is 34.0 Å². The van der Waals surface area contributed by atoms with E-state index in [1.807, 2.05) is 0 Å². The Balaban J connectivity index is 2.43. The molecule has 0 aliphatic heterocycles. The van der Waals surface area contributed by atoms with Gasteiger partial charge in [-0.3, -0.25) is 0 Å². The van der Waals surface area contributed by atoms with Crippen LogP contribution in [0, 0.1) is 5.82 Å². The molecule has 2 aromatic rings. The minimum atomic E-state index is -3.84. The summed E-state index contributed by atoms with van der Waals surface area (Å²) in [5.41, 5.74) is 0.685. The maximum absolute atomic E-state index is 13.1. The van der Waals surface area contributed by atoms with Crippen LogP contribution in [0.5, 0.6) is 11.5 Å². The van der Waals surface area contributed by atoms with Gasteiger partial charge >= 0.3 is 0 Å². The van der Waals surface area contributed by atoms with Crippen molar-refractivity contribution in [2.75, 3.05) is 21.3 Å². The standard InChI is InChI=1S/C17H20FNO4S/c1-12(13-5-7-14(18)8-6-13)19(2)24(20,21)17-11-15(22-3)9-10-16(17)23-4/h5-12H,1-4H3. The number of nitrogens with zero attached hydrogens (tertiary/aromatic N) is 1. The Bertz CT molecular complexity index is 806. The summed E-state index contributed by atoms with van der Waals surface area (Å²) in [6.07, 6.45) is 0. The molecule has 24 heavy (non-hydrogen) atoms. The van der Waals surface area contributed by atoms with Crippen molar-refractivity contribution in [3.8, 4) is 11.5 Å². The molecule has 2 rings (SSSR count). The van der Waals surface area contributed by atoms with Gasteiger partial charge in [-0.25, -0.2) is 12.8 Å². The van der Waals surface area contributed by atoms with E-state index in [1.165, 1.54) is 43.8 Å². The zero-order valence-corrected chi connectivity index (χ0v) is 14.8. The van der Waals surface area contributed by atoms with Gasteiger partial charge in [0, 0.05) is 19.2 Å². The van der Waals surface area contributed by atoms with Crippen LogP contribution in [0.15, 0.2) is 47.4 Å². The Hall–Kier alpha value is -2.12. The van der Waals surface area contributed by atoms with E-state index >= 15 is 0 Å². The summed E-state index contributed by atoms with van der Waals surface area (Å²) in [7, 11) is 0.506. The summed E-state index contributed by atoms with van der Waals surface area (Å²) in [5, 5.41) is 0. The number of hydrogen-bond donors (Lipinski definition) is 0.